The summed E-state index contributed by atoms with van der Waals surface area (Å²) in [4.78, 5) is 12.3. The van der Waals surface area contributed by atoms with Crippen LogP contribution in [-0.4, -0.2) is 155 Å². The highest BCUT2D eigenvalue weighted by Crippen LogP contribution is 2.54. The standard InChI is InChI=1S/C49H72O14/c1-24(23-50)13-27-16-38(51)49(7)42(53-27)18-33-34(61-49)17-32-28(54-33)9-8-10-29-36(56-32)22-48(6)41(57-29)20-40-46(4,63-48)12-11-30-44(60-40)25(2)14-31-37(55-30)21-47(5)39(58-31)19-35-45(62-47)26(3)15-43(52)59-35/h15,25,27-42,44-45,50-51H,1,8-14,16-23H2,2-7H3/t25-,27-,28-,29+,30+,31+,32+,33+,34-,35+,36-,37-,38+,39-,40+,41-,42-,44-,45-,46-,47+,48+,49+/m1/s1. The van der Waals surface area contributed by atoms with E-state index >= 15 is 0 Å². The fourth-order valence-electron chi connectivity index (χ4n) is 14.2. The zero-order valence-corrected chi connectivity index (χ0v) is 38.2. The molecule has 2 N–H and O–H groups in total. The molecule has 0 saturated carbocycles. The third-order valence-corrected chi connectivity index (χ3v) is 17.7. The Bertz CT molecular complexity index is 1810. The van der Waals surface area contributed by atoms with Gasteiger partial charge < -0.3 is 62.3 Å². The van der Waals surface area contributed by atoms with E-state index in [4.69, 9.17) is 52.1 Å². The fourth-order valence-corrected chi connectivity index (χ4v) is 14.2. The van der Waals surface area contributed by atoms with E-state index in [1.165, 1.54) is 0 Å². The van der Waals surface area contributed by atoms with Gasteiger partial charge in [0.1, 0.15) is 17.8 Å². The largest absolute Gasteiger partial charge is 0.456 e. The number of rotatable bonds is 3. The molecule has 11 rings (SSSR count). The third-order valence-electron chi connectivity index (χ3n) is 17.7. The average molecular weight is 885 g/mol. The van der Waals surface area contributed by atoms with Gasteiger partial charge in [-0.05, 0) is 96.6 Å². The van der Waals surface area contributed by atoms with Crippen molar-refractivity contribution in [2.75, 3.05) is 6.61 Å². The first-order valence-electron chi connectivity index (χ1n) is 24.5. The highest BCUT2D eigenvalue weighted by Gasteiger charge is 2.63. The van der Waals surface area contributed by atoms with Gasteiger partial charge in [0.05, 0.1) is 121 Å². The Hall–Kier alpha value is -1.53. The van der Waals surface area contributed by atoms with Gasteiger partial charge in [-0.25, -0.2) is 4.79 Å². The molecule has 11 aliphatic heterocycles. The Labute approximate surface area is 372 Å². The molecule has 0 unspecified atom stereocenters. The molecular weight excluding hydrogens is 813 g/mol. The molecule has 14 heteroatoms. The van der Waals surface area contributed by atoms with Crippen LogP contribution in [0, 0.1) is 5.92 Å². The Morgan fingerprint density at radius 2 is 1.33 bits per heavy atom. The zero-order valence-electron chi connectivity index (χ0n) is 38.2. The van der Waals surface area contributed by atoms with E-state index < -0.39 is 28.5 Å². The van der Waals surface area contributed by atoms with Gasteiger partial charge in [-0.3, -0.25) is 0 Å². The first-order valence-corrected chi connectivity index (χ1v) is 24.5. The van der Waals surface area contributed by atoms with Crippen molar-refractivity contribution in [2.45, 2.75) is 264 Å². The van der Waals surface area contributed by atoms with E-state index in [9.17, 15) is 15.0 Å². The summed E-state index contributed by atoms with van der Waals surface area (Å²) >= 11 is 0. The van der Waals surface area contributed by atoms with Gasteiger partial charge in [-0.15, -0.1) is 0 Å². The molecule has 23 atom stereocenters. The van der Waals surface area contributed by atoms with Crippen molar-refractivity contribution in [3.8, 4) is 0 Å². The lowest BCUT2D eigenvalue weighted by atomic mass is 9.75. The maximum atomic E-state index is 12.3. The van der Waals surface area contributed by atoms with Crippen LogP contribution in [0.2, 0.25) is 0 Å². The number of fused-ring (bicyclic) bond motifs is 10. The van der Waals surface area contributed by atoms with Gasteiger partial charge in [-0.1, -0.05) is 13.5 Å². The van der Waals surface area contributed by atoms with E-state index in [-0.39, 0.29) is 122 Å². The second-order valence-corrected chi connectivity index (χ2v) is 22.5. The predicted octanol–water partition coefficient (Wildman–Crippen LogP) is 5.10. The summed E-state index contributed by atoms with van der Waals surface area (Å²) < 4.78 is 75.5. The van der Waals surface area contributed by atoms with Crippen LogP contribution in [0.25, 0.3) is 0 Å². The molecule has 352 valence electrons. The maximum absolute atomic E-state index is 12.3. The van der Waals surface area contributed by atoms with Gasteiger partial charge >= 0.3 is 5.97 Å². The number of aliphatic hydroxyl groups is 2. The Morgan fingerprint density at radius 3 is 2.14 bits per heavy atom. The Kier molecular flexibility index (Phi) is 11.2. The minimum atomic E-state index is -0.860. The molecule has 63 heavy (non-hydrogen) atoms. The SMILES string of the molecule is C=C(CO)C[C@@H]1C[C@H](O)[C@]2(C)O[C@@H]3C[C@@H]4O[C@@H]5C[C@]6(C)O[C@]7(C)CC[C@@H]8O[C@@H]9C[C@]%10(C)O[C@@H]%11C(C)=CC(=O)O[C@H]%11C[C@H]%10O[C@H]9C[C@@H](C)[C@H]8O[C@H]7C[C@H]6O[C@H]5CCC[C@H]4O[C@H]3C[C@H]2O1. The number of hydrogen-bond acceptors (Lipinski definition) is 14. The lowest BCUT2D eigenvalue weighted by Gasteiger charge is -2.59. The summed E-state index contributed by atoms with van der Waals surface area (Å²) in [5.74, 6) is -0.121. The van der Waals surface area contributed by atoms with Gasteiger partial charge in [0, 0.05) is 51.0 Å². The topological polar surface area (TPSA) is 159 Å². The van der Waals surface area contributed by atoms with Crippen LogP contribution in [0.5, 0.6) is 0 Å². The Balaban J connectivity index is 0.757. The molecule has 0 aromatic carbocycles. The van der Waals surface area contributed by atoms with E-state index in [2.05, 4.69) is 34.3 Å². The molecule has 0 aromatic rings. The first-order chi connectivity index (χ1) is 30.0. The van der Waals surface area contributed by atoms with Crippen LogP contribution in [0.4, 0.5) is 0 Å². The van der Waals surface area contributed by atoms with Gasteiger partial charge in [-0.2, -0.15) is 0 Å². The molecule has 0 aromatic heterocycles. The summed E-state index contributed by atoms with van der Waals surface area (Å²) in [6, 6.07) is 0. The molecule has 0 amide bonds. The van der Waals surface area contributed by atoms with Crippen molar-refractivity contribution in [2.24, 2.45) is 5.92 Å². The monoisotopic (exact) mass is 884 g/mol. The average Bonchev–Trinajstić information content (AvgIpc) is 3.42. The lowest BCUT2D eigenvalue weighted by molar-refractivity contribution is -0.348. The number of carbonyl (C=O) groups excluding carboxylic acids is 1. The number of carbonyl (C=O) groups is 1. The smallest absolute Gasteiger partial charge is 0.331 e. The summed E-state index contributed by atoms with van der Waals surface area (Å²) in [6.45, 7) is 16.6. The second kappa shape index (κ2) is 16.0. The first kappa shape index (κ1) is 44.0. The zero-order chi connectivity index (χ0) is 43.8. The highest BCUT2D eigenvalue weighted by molar-refractivity contribution is 5.84. The maximum Gasteiger partial charge on any atom is 0.331 e. The fraction of sp³-hybridized carbons (Fsp3) is 0.898. The normalized spacial score (nSPS) is 56.3. The van der Waals surface area contributed by atoms with Gasteiger partial charge in [0.15, 0.2) is 0 Å². The van der Waals surface area contributed by atoms with E-state index in [0.717, 1.165) is 50.5 Å². The lowest BCUT2D eigenvalue weighted by Crippen LogP contribution is -2.69. The van der Waals surface area contributed by atoms with Crippen molar-refractivity contribution in [3.05, 3.63) is 23.8 Å². The number of esters is 1. The number of ether oxygens (including phenoxy) is 11. The molecule has 10 fully saturated rings. The van der Waals surface area contributed by atoms with E-state index in [0.29, 0.717) is 50.5 Å². The van der Waals surface area contributed by atoms with Crippen LogP contribution in [0.15, 0.2) is 23.8 Å². The van der Waals surface area contributed by atoms with Crippen LogP contribution < -0.4 is 0 Å². The molecule has 0 aliphatic carbocycles. The van der Waals surface area contributed by atoms with Crippen molar-refractivity contribution in [3.63, 3.8) is 0 Å². The van der Waals surface area contributed by atoms with Gasteiger partial charge in [0.2, 0.25) is 0 Å². The van der Waals surface area contributed by atoms with Crippen LogP contribution in [0.1, 0.15) is 131 Å². The molecule has 0 radical (unpaired) electrons. The minimum Gasteiger partial charge on any atom is -0.456 e. The highest BCUT2D eigenvalue weighted by atomic mass is 16.6. The summed E-state index contributed by atoms with van der Waals surface area (Å²) in [6.07, 6.45) is 8.01. The number of hydrogen-bond donors (Lipinski definition) is 2. The molecule has 0 spiro atoms. The molecule has 11 heterocycles. The summed E-state index contributed by atoms with van der Waals surface area (Å²) in [5.41, 5.74) is -0.943. The quantitative estimate of drug-likeness (QED) is 0.285. The number of aliphatic hydroxyl groups excluding tert-OH is 2. The van der Waals surface area contributed by atoms with Crippen molar-refractivity contribution in [1.82, 2.24) is 0 Å². The molecule has 0 bridgehead atoms. The van der Waals surface area contributed by atoms with Crippen molar-refractivity contribution in [1.29, 1.82) is 0 Å². The van der Waals surface area contributed by atoms with Crippen molar-refractivity contribution >= 4 is 5.97 Å². The predicted molar refractivity (Wildman–Crippen MR) is 225 cm³/mol. The summed E-state index contributed by atoms with van der Waals surface area (Å²) in [7, 11) is 0. The van der Waals surface area contributed by atoms with E-state index in [1.54, 1.807) is 6.08 Å². The second-order valence-electron chi connectivity index (χ2n) is 22.5. The third kappa shape index (κ3) is 7.64. The van der Waals surface area contributed by atoms with Crippen LogP contribution >= 0.6 is 0 Å². The van der Waals surface area contributed by atoms with E-state index in [1.807, 2.05) is 13.8 Å². The Morgan fingerprint density at radius 1 is 0.683 bits per heavy atom. The molecule has 14 nitrogen and oxygen atoms in total. The van der Waals surface area contributed by atoms with Crippen molar-refractivity contribution < 1.29 is 67.1 Å². The molecular formula is C49H72O14. The minimum absolute atomic E-state index is 0.0688. The summed E-state index contributed by atoms with van der Waals surface area (Å²) in [5, 5.41) is 21.0. The van der Waals surface area contributed by atoms with Crippen LogP contribution in [-0.2, 0) is 56.9 Å². The molecule has 10 saturated heterocycles. The van der Waals surface area contributed by atoms with Crippen LogP contribution in [0.3, 0.4) is 0 Å². The molecule has 11 aliphatic rings. The van der Waals surface area contributed by atoms with Gasteiger partial charge in [0.25, 0.3) is 0 Å².